The van der Waals surface area contributed by atoms with Gasteiger partial charge in [-0.3, -0.25) is 15.1 Å². The lowest BCUT2D eigenvalue weighted by Gasteiger charge is -2.32. The van der Waals surface area contributed by atoms with Crippen molar-refractivity contribution in [3.8, 4) is 0 Å². The van der Waals surface area contributed by atoms with Crippen molar-refractivity contribution in [3.63, 3.8) is 0 Å². The van der Waals surface area contributed by atoms with Crippen LogP contribution in [0.2, 0.25) is 0 Å². The number of carbonyl (C=O) groups excluding carboxylic acids is 1. The van der Waals surface area contributed by atoms with Gasteiger partial charge in [0.15, 0.2) is 0 Å². The van der Waals surface area contributed by atoms with E-state index in [1.807, 2.05) is 29.2 Å². The van der Waals surface area contributed by atoms with Gasteiger partial charge in [-0.25, -0.2) is 0 Å². The number of aryl methyl sites for hydroxylation is 1. The molecule has 22 heavy (non-hydrogen) atoms. The van der Waals surface area contributed by atoms with Gasteiger partial charge in [-0.15, -0.1) is 0 Å². The SMILES string of the molecule is CCc1ccc(CN[C@H]2CCCN(c3cccnc3)C2=O)o1. The largest absolute Gasteiger partial charge is 0.465 e. The third-order valence-electron chi connectivity index (χ3n) is 3.98. The van der Waals surface area contributed by atoms with Gasteiger partial charge in [-0.05, 0) is 37.1 Å². The van der Waals surface area contributed by atoms with Crippen LogP contribution in [0.1, 0.15) is 31.3 Å². The van der Waals surface area contributed by atoms with Gasteiger partial charge in [0.1, 0.15) is 11.5 Å². The van der Waals surface area contributed by atoms with Crippen molar-refractivity contribution >= 4 is 11.6 Å². The Bertz CT molecular complexity index is 624. The molecule has 1 aliphatic rings. The number of hydrogen-bond donors (Lipinski definition) is 1. The molecule has 116 valence electrons. The maximum absolute atomic E-state index is 12.6. The molecular weight excluding hydrogens is 278 g/mol. The molecule has 1 fully saturated rings. The van der Waals surface area contributed by atoms with E-state index in [0.717, 1.165) is 43.0 Å². The lowest BCUT2D eigenvalue weighted by atomic mass is 10.0. The van der Waals surface area contributed by atoms with Gasteiger partial charge < -0.3 is 9.32 Å². The van der Waals surface area contributed by atoms with Crippen molar-refractivity contribution in [2.45, 2.75) is 38.8 Å². The first-order valence-electron chi connectivity index (χ1n) is 7.80. The smallest absolute Gasteiger partial charge is 0.244 e. The van der Waals surface area contributed by atoms with Gasteiger partial charge >= 0.3 is 0 Å². The first kappa shape index (κ1) is 14.8. The maximum atomic E-state index is 12.6. The zero-order valence-electron chi connectivity index (χ0n) is 12.8. The molecular formula is C17H21N3O2. The summed E-state index contributed by atoms with van der Waals surface area (Å²) in [5, 5.41) is 3.32. The molecule has 1 aliphatic heterocycles. The number of nitrogens with one attached hydrogen (secondary N) is 1. The first-order valence-corrected chi connectivity index (χ1v) is 7.80. The summed E-state index contributed by atoms with van der Waals surface area (Å²) >= 11 is 0. The van der Waals surface area contributed by atoms with Crippen LogP contribution in [-0.4, -0.2) is 23.5 Å². The quantitative estimate of drug-likeness (QED) is 0.921. The number of pyridine rings is 1. The van der Waals surface area contributed by atoms with Crippen molar-refractivity contribution in [1.82, 2.24) is 10.3 Å². The number of furan rings is 1. The zero-order valence-corrected chi connectivity index (χ0v) is 12.8. The summed E-state index contributed by atoms with van der Waals surface area (Å²) in [6.45, 7) is 3.40. The highest BCUT2D eigenvalue weighted by molar-refractivity contribution is 5.97. The highest BCUT2D eigenvalue weighted by Gasteiger charge is 2.29. The standard InChI is InChI=1S/C17H21N3O2/c1-2-14-7-8-15(22-14)12-19-16-6-4-10-20(17(16)21)13-5-3-9-18-11-13/h3,5,7-9,11,16,19H,2,4,6,10,12H2,1H3/t16-/m0/s1. The van der Waals surface area contributed by atoms with E-state index < -0.39 is 0 Å². The molecule has 2 aromatic heterocycles. The lowest BCUT2D eigenvalue weighted by molar-refractivity contribution is -0.121. The van der Waals surface area contributed by atoms with Crippen LogP contribution in [0.25, 0.3) is 0 Å². The van der Waals surface area contributed by atoms with Crippen LogP contribution in [0.3, 0.4) is 0 Å². The number of piperidine rings is 1. The fourth-order valence-electron chi connectivity index (χ4n) is 2.77. The first-order chi connectivity index (χ1) is 10.8. The summed E-state index contributed by atoms with van der Waals surface area (Å²) in [6, 6.07) is 7.58. The van der Waals surface area contributed by atoms with Gasteiger partial charge in [-0.2, -0.15) is 0 Å². The van der Waals surface area contributed by atoms with Gasteiger partial charge in [0.25, 0.3) is 0 Å². The number of hydrogen-bond acceptors (Lipinski definition) is 4. The lowest BCUT2D eigenvalue weighted by Crippen LogP contribution is -2.50. The van der Waals surface area contributed by atoms with Crippen LogP contribution in [0, 0.1) is 0 Å². The Morgan fingerprint density at radius 1 is 1.36 bits per heavy atom. The summed E-state index contributed by atoms with van der Waals surface area (Å²) in [5.74, 6) is 1.97. The van der Waals surface area contributed by atoms with Crippen LogP contribution in [0.15, 0.2) is 41.1 Å². The monoisotopic (exact) mass is 299 g/mol. The molecule has 0 aliphatic carbocycles. The third-order valence-corrected chi connectivity index (χ3v) is 3.98. The second-order valence-corrected chi connectivity index (χ2v) is 5.50. The molecule has 1 N–H and O–H groups in total. The summed E-state index contributed by atoms with van der Waals surface area (Å²) in [4.78, 5) is 18.5. The van der Waals surface area contributed by atoms with Gasteiger partial charge in [0.05, 0.1) is 24.5 Å². The van der Waals surface area contributed by atoms with Crippen molar-refractivity contribution in [1.29, 1.82) is 0 Å². The zero-order chi connectivity index (χ0) is 15.4. The predicted octanol–water partition coefficient (Wildman–Crippen LogP) is 2.52. The Kier molecular flexibility index (Phi) is 4.53. The van der Waals surface area contributed by atoms with E-state index in [4.69, 9.17) is 4.42 Å². The molecule has 0 aromatic carbocycles. The molecule has 5 heteroatoms. The van der Waals surface area contributed by atoms with Crippen molar-refractivity contribution in [2.75, 3.05) is 11.4 Å². The second kappa shape index (κ2) is 6.75. The summed E-state index contributed by atoms with van der Waals surface area (Å²) in [7, 11) is 0. The number of aromatic nitrogens is 1. The minimum atomic E-state index is -0.163. The molecule has 1 saturated heterocycles. The Balaban J connectivity index is 1.63. The number of carbonyl (C=O) groups is 1. The van der Waals surface area contributed by atoms with Crippen molar-refractivity contribution in [3.05, 3.63) is 48.2 Å². The molecule has 0 spiro atoms. The normalized spacial score (nSPS) is 18.7. The Morgan fingerprint density at radius 3 is 2.95 bits per heavy atom. The minimum Gasteiger partial charge on any atom is -0.465 e. The molecule has 5 nitrogen and oxygen atoms in total. The van der Waals surface area contributed by atoms with Crippen LogP contribution in [0.5, 0.6) is 0 Å². The van der Waals surface area contributed by atoms with Gasteiger partial charge in [-0.1, -0.05) is 6.92 Å². The van der Waals surface area contributed by atoms with Crippen LogP contribution in [0.4, 0.5) is 5.69 Å². The molecule has 0 saturated carbocycles. The van der Waals surface area contributed by atoms with Gasteiger partial charge in [0, 0.05) is 19.2 Å². The number of amides is 1. The van der Waals surface area contributed by atoms with E-state index in [-0.39, 0.29) is 11.9 Å². The predicted molar refractivity (Wildman–Crippen MR) is 84.5 cm³/mol. The fraction of sp³-hybridized carbons (Fsp3) is 0.412. The Labute approximate surface area is 130 Å². The summed E-state index contributed by atoms with van der Waals surface area (Å²) in [6.07, 6.45) is 6.18. The highest BCUT2D eigenvalue weighted by Crippen LogP contribution is 2.20. The maximum Gasteiger partial charge on any atom is 0.244 e. The van der Waals surface area contributed by atoms with E-state index in [1.165, 1.54) is 0 Å². The highest BCUT2D eigenvalue weighted by atomic mass is 16.3. The Hall–Kier alpha value is -2.14. The molecule has 1 amide bonds. The second-order valence-electron chi connectivity index (χ2n) is 5.50. The van der Waals surface area contributed by atoms with Crippen LogP contribution in [-0.2, 0) is 17.8 Å². The third kappa shape index (κ3) is 3.20. The van der Waals surface area contributed by atoms with Crippen LogP contribution < -0.4 is 10.2 Å². The minimum absolute atomic E-state index is 0.113. The Morgan fingerprint density at radius 2 is 2.23 bits per heavy atom. The van der Waals surface area contributed by atoms with Gasteiger partial charge in [0.2, 0.25) is 5.91 Å². The van der Waals surface area contributed by atoms with Crippen LogP contribution >= 0.6 is 0 Å². The van der Waals surface area contributed by atoms with Crippen molar-refractivity contribution < 1.29 is 9.21 Å². The molecule has 1 atom stereocenters. The number of rotatable bonds is 5. The molecule has 0 radical (unpaired) electrons. The van der Waals surface area contributed by atoms with E-state index in [2.05, 4.69) is 17.2 Å². The topological polar surface area (TPSA) is 58.4 Å². The average Bonchev–Trinajstić information content (AvgIpc) is 3.03. The number of nitrogens with zero attached hydrogens (tertiary/aromatic N) is 2. The van der Waals surface area contributed by atoms with E-state index in [0.29, 0.717) is 6.54 Å². The number of anilines is 1. The van der Waals surface area contributed by atoms with Crippen molar-refractivity contribution in [2.24, 2.45) is 0 Å². The van der Waals surface area contributed by atoms with E-state index >= 15 is 0 Å². The summed E-state index contributed by atoms with van der Waals surface area (Å²) < 4.78 is 5.67. The molecule has 0 unspecified atom stereocenters. The van der Waals surface area contributed by atoms with E-state index in [1.54, 1.807) is 12.4 Å². The molecule has 3 heterocycles. The average molecular weight is 299 g/mol. The molecule has 0 bridgehead atoms. The molecule has 3 rings (SSSR count). The fourth-order valence-corrected chi connectivity index (χ4v) is 2.77. The molecule has 2 aromatic rings. The van der Waals surface area contributed by atoms with E-state index in [9.17, 15) is 4.79 Å². The summed E-state index contributed by atoms with van der Waals surface area (Å²) in [5.41, 5.74) is 0.866.